The van der Waals surface area contributed by atoms with E-state index in [1.54, 1.807) is 67.6 Å². The number of amides is 2. The SMILES string of the molecule is COc1ccc([C@]23Oc4cc(OC)cc(OC)c4[C@](O)([C@H](C(=O)NCCCCNC(=O)/C(C)=C/CO)[C@H]2c2ccccc2)[C@@H]3O[C@@H]2O[C@H](CO)[C@@H](O)[C@H](O)[C@H]2O)cc1. The summed E-state index contributed by atoms with van der Waals surface area (Å²) in [6.45, 7) is 1.05. The molecule has 2 bridgehead atoms. The predicted octanol–water partition coefficient (Wildman–Crippen LogP) is 0.738. The van der Waals surface area contributed by atoms with Crippen molar-refractivity contribution in [1.29, 1.82) is 0 Å². The maximum atomic E-state index is 15.0. The molecule has 314 valence electrons. The molecule has 1 aliphatic carbocycles. The van der Waals surface area contributed by atoms with Crippen LogP contribution < -0.4 is 29.6 Å². The molecule has 3 aliphatic rings. The van der Waals surface area contributed by atoms with Gasteiger partial charge in [-0.3, -0.25) is 9.59 Å². The molecule has 3 aromatic carbocycles. The Morgan fingerprint density at radius 3 is 2.14 bits per heavy atom. The number of ether oxygens (including phenoxy) is 6. The normalized spacial score (nSPS) is 30.1. The quantitative estimate of drug-likeness (QED) is 0.0737. The van der Waals surface area contributed by atoms with Crippen LogP contribution in [0, 0.1) is 5.92 Å². The second kappa shape index (κ2) is 18.0. The van der Waals surface area contributed by atoms with E-state index < -0.39 is 72.4 Å². The number of hydrogen-bond donors (Lipinski definition) is 8. The van der Waals surface area contributed by atoms with E-state index in [0.717, 1.165) is 0 Å². The Bertz CT molecular complexity index is 1930. The highest BCUT2D eigenvalue weighted by Crippen LogP contribution is 2.69. The van der Waals surface area contributed by atoms with Crippen molar-refractivity contribution in [2.45, 2.75) is 73.7 Å². The molecule has 10 atom stereocenters. The third-order valence-electron chi connectivity index (χ3n) is 11.3. The zero-order valence-corrected chi connectivity index (χ0v) is 32.7. The standard InChI is InChI=1S/C42H52N2O14/c1-23(16-19-45)37(50)43-17-8-9-18-44-38(51)33-31(24-10-6-5-7-11-24)42(25-12-14-26(53-2)15-13-25)40(57-39-36(49)35(48)34(47)30(22-46)56-39)41(33,52)32-28(55-4)20-27(54-3)21-29(32)58-42/h5-7,10-16,20-21,30-31,33-36,39-40,45-49,52H,8-9,17-19,22H2,1-4H3,(H,43,50)(H,44,51)/b23-16+/t30-,31-,33+,34-,35+,36-,39+,40+,41+,42+/m1/s1. The summed E-state index contributed by atoms with van der Waals surface area (Å²) in [6.07, 6.45) is -7.80. The first-order valence-electron chi connectivity index (χ1n) is 19.1. The molecule has 58 heavy (non-hydrogen) atoms. The van der Waals surface area contributed by atoms with Crippen LogP contribution >= 0.6 is 0 Å². The Hall–Kier alpha value is -4.78. The van der Waals surface area contributed by atoms with Crippen molar-refractivity contribution in [2.75, 3.05) is 47.6 Å². The number of unbranched alkanes of at least 4 members (excludes halogenated alkanes) is 1. The van der Waals surface area contributed by atoms with Crippen molar-refractivity contribution in [1.82, 2.24) is 10.6 Å². The van der Waals surface area contributed by atoms with Crippen molar-refractivity contribution >= 4 is 11.8 Å². The van der Waals surface area contributed by atoms with Crippen LogP contribution in [-0.2, 0) is 30.3 Å². The van der Waals surface area contributed by atoms with E-state index in [2.05, 4.69) is 10.6 Å². The minimum Gasteiger partial charge on any atom is -0.497 e. The summed E-state index contributed by atoms with van der Waals surface area (Å²) < 4.78 is 36.6. The van der Waals surface area contributed by atoms with E-state index in [-0.39, 0.29) is 36.1 Å². The van der Waals surface area contributed by atoms with Crippen LogP contribution in [0.2, 0.25) is 0 Å². The molecule has 6 rings (SSSR count). The molecule has 0 aromatic heterocycles. The van der Waals surface area contributed by atoms with E-state index in [4.69, 9.17) is 33.5 Å². The summed E-state index contributed by atoms with van der Waals surface area (Å²) in [5, 5.41) is 71.5. The van der Waals surface area contributed by atoms with Gasteiger partial charge in [0.25, 0.3) is 0 Å². The lowest BCUT2D eigenvalue weighted by Crippen LogP contribution is -2.63. The largest absolute Gasteiger partial charge is 0.497 e. The van der Waals surface area contributed by atoms with Crippen molar-refractivity contribution in [3.05, 3.63) is 95.1 Å². The number of nitrogens with one attached hydrogen (secondary N) is 2. The van der Waals surface area contributed by atoms with Gasteiger partial charge in [-0.05, 0) is 43.0 Å². The second-order valence-corrected chi connectivity index (χ2v) is 14.6. The summed E-state index contributed by atoms with van der Waals surface area (Å²) in [5.74, 6) is -2.34. The highest BCUT2D eigenvalue weighted by Gasteiger charge is 2.77. The third-order valence-corrected chi connectivity index (χ3v) is 11.3. The minimum atomic E-state index is -2.36. The molecule has 1 saturated carbocycles. The number of aliphatic hydroxyl groups excluding tert-OH is 5. The van der Waals surface area contributed by atoms with Crippen molar-refractivity contribution in [2.24, 2.45) is 5.92 Å². The molecule has 0 unspecified atom stereocenters. The van der Waals surface area contributed by atoms with Gasteiger partial charge in [-0.1, -0.05) is 48.5 Å². The van der Waals surface area contributed by atoms with Crippen LogP contribution in [0.5, 0.6) is 23.0 Å². The van der Waals surface area contributed by atoms with Gasteiger partial charge in [0.2, 0.25) is 11.8 Å². The van der Waals surface area contributed by atoms with Gasteiger partial charge in [-0.2, -0.15) is 0 Å². The molecular weight excluding hydrogens is 756 g/mol. The summed E-state index contributed by atoms with van der Waals surface area (Å²) in [6, 6.07) is 18.9. The summed E-state index contributed by atoms with van der Waals surface area (Å²) in [7, 11) is 4.35. The predicted molar refractivity (Wildman–Crippen MR) is 206 cm³/mol. The first-order chi connectivity index (χ1) is 27.9. The third kappa shape index (κ3) is 7.62. The highest BCUT2D eigenvalue weighted by molar-refractivity contribution is 5.92. The van der Waals surface area contributed by atoms with Crippen LogP contribution in [0.15, 0.2) is 78.4 Å². The molecule has 1 saturated heterocycles. The van der Waals surface area contributed by atoms with E-state index in [1.807, 2.05) is 0 Å². The molecule has 16 heteroatoms. The fourth-order valence-corrected chi connectivity index (χ4v) is 8.41. The van der Waals surface area contributed by atoms with Crippen LogP contribution in [0.1, 0.15) is 42.4 Å². The molecule has 0 radical (unpaired) electrons. The van der Waals surface area contributed by atoms with Gasteiger partial charge in [0.15, 0.2) is 11.9 Å². The number of hydrogen-bond acceptors (Lipinski definition) is 14. The smallest absolute Gasteiger partial charge is 0.246 e. The van der Waals surface area contributed by atoms with Crippen LogP contribution in [-0.4, -0.2) is 127 Å². The molecular formula is C42H52N2O14. The van der Waals surface area contributed by atoms with E-state index in [9.17, 15) is 30.3 Å². The molecule has 2 amide bonds. The Morgan fingerprint density at radius 2 is 1.52 bits per heavy atom. The number of fused-ring (bicyclic) bond motifs is 4. The zero-order valence-electron chi connectivity index (χ0n) is 32.7. The van der Waals surface area contributed by atoms with Gasteiger partial charge in [0.1, 0.15) is 59.1 Å². The summed E-state index contributed by atoms with van der Waals surface area (Å²) in [5.41, 5.74) is -2.76. The minimum absolute atomic E-state index is 0.0436. The number of methoxy groups -OCH3 is 3. The molecule has 2 fully saturated rings. The van der Waals surface area contributed by atoms with Gasteiger partial charge >= 0.3 is 0 Å². The Labute approximate surface area is 335 Å². The zero-order chi connectivity index (χ0) is 41.8. The van der Waals surface area contributed by atoms with Gasteiger partial charge in [-0.25, -0.2) is 0 Å². The lowest BCUT2D eigenvalue weighted by Gasteiger charge is -2.50. The fraction of sp³-hybridized carbons (Fsp3) is 0.476. The first kappa shape index (κ1) is 42.8. The van der Waals surface area contributed by atoms with Crippen LogP contribution in [0.4, 0.5) is 0 Å². The van der Waals surface area contributed by atoms with Gasteiger partial charge in [0, 0.05) is 36.7 Å². The lowest BCUT2D eigenvalue weighted by atomic mass is 9.75. The fourth-order valence-electron chi connectivity index (χ4n) is 8.41. The maximum Gasteiger partial charge on any atom is 0.246 e. The summed E-state index contributed by atoms with van der Waals surface area (Å²) >= 11 is 0. The Balaban J connectivity index is 1.51. The van der Waals surface area contributed by atoms with Gasteiger partial charge < -0.3 is 69.7 Å². The molecule has 0 spiro atoms. The van der Waals surface area contributed by atoms with Crippen LogP contribution in [0.25, 0.3) is 0 Å². The molecule has 2 aliphatic heterocycles. The Kier molecular flexibility index (Phi) is 13.3. The maximum absolute atomic E-state index is 15.0. The van der Waals surface area contributed by atoms with E-state index in [0.29, 0.717) is 47.6 Å². The topological polar surface area (TPSA) is 235 Å². The second-order valence-electron chi connectivity index (χ2n) is 14.6. The number of carbonyl (C=O) groups excluding carboxylic acids is 2. The van der Waals surface area contributed by atoms with Crippen molar-refractivity contribution in [3.63, 3.8) is 0 Å². The number of aliphatic hydroxyl groups is 6. The first-order valence-corrected chi connectivity index (χ1v) is 19.1. The van der Waals surface area contributed by atoms with E-state index >= 15 is 4.79 Å². The Morgan fingerprint density at radius 1 is 0.845 bits per heavy atom. The average Bonchev–Trinajstić information content (AvgIpc) is 3.39. The van der Waals surface area contributed by atoms with E-state index in [1.165, 1.54) is 33.5 Å². The number of rotatable bonds is 16. The number of carbonyl (C=O) groups is 2. The van der Waals surface area contributed by atoms with Crippen molar-refractivity contribution in [3.8, 4) is 23.0 Å². The van der Waals surface area contributed by atoms with Gasteiger partial charge in [0.05, 0.1) is 46.0 Å². The average molecular weight is 809 g/mol. The lowest BCUT2D eigenvalue weighted by molar-refractivity contribution is -0.338. The van der Waals surface area contributed by atoms with Crippen LogP contribution in [0.3, 0.4) is 0 Å². The number of benzene rings is 3. The monoisotopic (exact) mass is 808 g/mol. The highest BCUT2D eigenvalue weighted by atomic mass is 16.7. The molecule has 2 heterocycles. The molecule has 3 aromatic rings. The summed E-state index contributed by atoms with van der Waals surface area (Å²) in [4.78, 5) is 27.3. The molecule has 16 nitrogen and oxygen atoms in total. The van der Waals surface area contributed by atoms with Gasteiger partial charge in [-0.15, -0.1) is 0 Å². The van der Waals surface area contributed by atoms with Crippen molar-refractivity contribution < 1.29 is 68.6 Å². The molecule has 8 N–H and O–H groups in total.